The zero-order chi connectivity index (χ0) is 21.7. The smallest absolute Gasteiger partial charge is 0.230 e. The average molecular weight is 535 g/mol. The molecule has 0 aromatic heterocycles. The van der Waals surface area contributed by atoms with Crippen LogP contribution >= 0.6 is 22.6 Å². The summed E-state index contributed by atoms with van der Waals surface area (Å²) in [6.45, 7) is 1.88. The molecule has 1 aliphatic heterocycles. The zero-order valence-corrected chi connectivity index (χ0v) is 18.7. The lowest BCUT2D eigenvalue weighted by Crippen LogP contribution is -2.46. The van der Waals surface area contributed by atoms with Gasteiger partial charge in [-0.25, -0.2) is 4.39 Å². The minimum Gasteiger partial charge on any atom is -0.508 e. The van der Waals surface area contributed by atoms with Crippen LogP contribution in [0.1, 0.15) is 50.5 Å². The Hall–Kier alpha value is -2.45. The first-order valence-corrected chi connectivity index (χ1v) is 10.8. The molecule has 4 nitrogen and oxygen atoms in total. The van der Waals surface area contributed by atoms with Crippen molar-refractivity contribution >= 4 is 34.2 Å². The molecule has 1 saturated heterocycles. The number of nitrogens with zero attached hydrogens (tertiary/aromatic N) is 1. The number of hydrogen-bond acceptors (Lipinski definition) is 3. The van der Waals surface area contributed by atoms with Crippen LogP contribution in [-0.4, -0.2) is 16.1 Å². The Balaban J connectivity index is 0.000000245. The predicted octanol–water partition coefficient (Wildman–Crippen LogP) is 6.38. The van der Waals surface area contributed by atoms with Crippen molar-refractivity contribution in [2.24, 2.45) is 0 Å². The van der Waals surface area contributed by atoms with E-state index in [1.165, 1.54) is 12.1 Å². The second-order valence-corrected chi connectivity index (χ2v) is 8.27. The maximum atomic E-state index is 12.4. The van der Waals surface area contributed by atoms with E-state index in [9.17, 15) is 19.4 Å². The van der Waals surface area contributed by atoms with Crippen LogP contribution in [-0.2, 0) is 4.79 Å². The van der Waals surface area contributed by atoms with Gasteiger partial charge in [-0.2, -0.15) is 0 Å². The summed E-state index contributed by atoms with van der Waals surface area (Å²) < 4.78 is 13.5. The number of rotatable bonds is 4. The molecule has 1 amide bonds. The van der Waals surface area contributed by atoms with Crippen molar-refractivity contribution < 1.29 is 19.4 Å². The summed E-state index contributed by atoms with van der Waals surface area (Å²) in [7, 11) is 0. The standard InChI is InChI=1S/C15H12INO2.C9H11FO.CH4/c16-11-3-5-12(6-4-11)17-14(9-15(17)19)10-1-7-13(18)8-2-10;1-2-9(11)7-3-5-8(10)6-4-7;/h1-8,14,18H,9H2;3-6,9,11H,2H2,1H3;1H4/t14-;9-;/m00./s1. The Labute approximate surface area is 196 Å². The maximum Gasteiger partial charge on any atom is 0.230 e. The van der Waals surface area contributed by atoms with Crippen LogP contribution in [0.25, 0.3) is 0 Å². The lowest BCUT2D eigenvalue weighted by atomic mass is 9.93. The van der Waals surface area contributed by atoms with Gasteiger partial charge in [0.2, 0.25) is 5.91 Å². The summed E-state index contributed by atoms with van der Waals surface area (Å²) in [5.41, 5.74) is 2.75. The number of amides is 1. The van der Waals surface area contributed by atoms with E-state index in [-0.39, 0.29) is 30.9 Å². The molecule has 2 N–H and O–H groups in total. The molecule has 164 valence electrons. The average Bonchev–Trinajstić information content (AvgIpc) is 2.75. The van der Waals surface area contributed by atoms with Crippen molar-refractivity contribution in [1.29, 1.82) is 0 Å². The van der Waals surface area contributed by atoms with Crippen molar-refractivity contribution in [3.8, 4) is 5.75 Å². The highest BCUT2D eigenvalue weighted by atomic mass is 127. The molecule has 1 fully saturated rings. The molecule has 2 atom stereocenters. The molecular formula is C25H27FINO3. The molecule has 1 aliphatic rings. The molecule has 0 unspecified atom stereocenters. The Morgan fingerprint density at radius 2 is 1.61 bits per heavy atom. The van der Waals surface area contributed by atoms with Gasteiger partial charge in [0.1, 0.15) is 11.6 Å². The summed E-state index contributed by atoms with van der Waals surface area (Å²) in [6, 6.07) is 21.0. The quantitative estimate of drug-likeness (QED) is 0.301. The minimum absolute atomic E-state index is 0. The highest BCUT2D eigenvalue weighted by molar-refractivity contribution is 14.1. The number of anilines is 1. The summed E-state index contributed by atoms with van der Waals surface area (Å²) >= 11 is 2.24. The highest BCUT2D eigenvalue weighted by Gasteiger charge is 2.38. The number of halogens is 2. The van der Waals surface area contributed by atoms with Gasteiger partial charge >= 0.3 is 0 Å². The molecule has 3 aromatic carbocycles. The van der Waals surface area contributed by atoms with Crippen LogP contribution in [0.2, 0.25) is 0 Å². The van der Waals surface area contributed by atoms with Crippen LogP contribution in [0.4, 0.5) is 10.1 Å². The summed E-state index contributed by atoms with van der Waals surface area (Å²) in [5.74, 6) is 0.117. The van der Waals surface area contributed by atoms with Gasteiger partial charge in [0, 0.05) is 9.26 Å². The highest BCUT2D eigenvalue weighted by Crippen LogP contribution is 2.39. The van der Waals surface area contributed by atoms with E-state index >= 15 is 0 Å². The Morgan fingerprint density at radius 1 is 1.03 bits per heavy atom. The van der Waals surface area contributed by atoms with Crippen LogP contribution in [0.3, 0.4) is 0 Å². The molecule has 1 heterocycles. The van der Waals surface area contributed by atoms with Crippen molar-refractivity contribution in [1.82, 2.24) is 0 Å². The summed E-state index contributed by atoms with van der Waals surface area (Å²) in [5, 5.41) is 18.6. The number of aliphatic hydroxyl groups excluding tert-OH is 1. The third-order valence-electron chi connectivity index (χ3n) is 4.97. The lowest BCUT2D eigenvalue weighted by Gasteiger charge is -2.40. The minimum atomic E-state index is -0.462. The van der Waals surface area contributed by atoms with Gasteiger partial charge < -0.3 is 15.1 Å². The van der Waals surface area contributed by atoms with Gasteiger partial charge in [-0.1, -0.05) is 38.6 Å². The van der Waals surface area contributed by atoms with Crippen molar-refractivity contribution in [2.45, 2.75) is 39.3 Å². The number of aliphatic hydroxyl groups is 1. The fourth-order valence-electron chi connectivity index (χ4n) is 3.23. The normalized spacial score (nSPS) is 15.8. The van der Waals surface area contributed by atoms with Gasteiger partial charge in [-0.15, -0.1) is 0 Å². The first-order chi connectivity index (χ1) is 14.4. The van der Waals surface area contributed by atoms with E-state index in [4.69, 9.17) is 0 Å². The topological polar surface area (TPSA) is 60.8 Å². The number of phenolic OH excluding ortho intramolecular Hbond substituents is 1. The van der Waals surface area contributed by atoms with E-state index in [1.807, 2.05) is 48.2 Å². The van der Waals surface area contributed by atoms with E-state index in [2.05, 4.69) is 22.6 Å². The fourth-order valence-corrected chi connectivity index (χ4v) is 3.59. The summed E-state index contributed by atoms with van der Waals surface area (Å²) in [4.78, 5) is 13.6. The van der Waals surface area contributed by atoms with Crippen LogP contribution in [0, 0.1) is 9.39 Å². The van der Waals surface area contributed by atoms with Crippen LogP contribution in [0.5, 0.6) is 5.75 Å². The number of carbonyl (C=O) groups is 1. The van der Waals surface area contributed by atoms with Crippen molar-refractivity contribution in [2.75, 3.05) is 4.90 Å². The zero-order valence-electron chi connectivity index (χ0n) is 16.5. The molecule has 4 rings (SSSR count). The van der Waals surface area contributed by atoms with Crippen molar-refractivity contribution in [3.05, 3.63) is 93.3 Å². The maximum absolute atomic E-state index is 12.4. The number of phenols is 1. The molecular weight excluding hydrogens is 508 g/mol. The monoisotopic (exact) mass is 535 g/mol. The SMILES string of the molecule is C.CC[C@H](O)c1ccc(F)cc1.O=C1C[C@@H](c2ccc(O)cc2)N1c1ccc(I)cc1. The van der Waals surface area contributed by atoms with Crippen molar-refractivity contribution in [3.63, 3.8) is 0 Å². The number of hydrogen-bond donors (Lipinski definition) is 2. The lowest BCUT2D eigenvalue weighted by molar-refractivity contribution is -0.124. The van der Waals surface area contributed by atoms with Gasteiger partial charge in [-0.3, -0.25) is 4.79 Å². The molecule has 0 radical (unpaired) electrons. The Kier molecular flexibility index (Phi) is 9.00. The molecule has 6 heteroatoms. The number of carbonyl (C=O) groups excluding carboxylic acids is 1. The molecule has 31 heavy (non-hydrogen) atoms. The van der Waals surface area contributed by atoms with E-state index in [0.29, 0.717) is 12.8 Å². The number of benzene rings is 3. The van der Waals surface area contributed by atoms with Gasteiger partial charge in [0.15, 0.2) is 0 Å². The third-order valence-corrected chi connectivity index (χ3v) is 5.69. The molecule has 0 saturated carbocycles. The number of aromatic hydroxyl groups is 1. The van der Waals surface area contributed by atoms with E-state index < -0.39 is 6.10 Å². The largest absolute Gasteiger partial charge is 0.508 e. The second kappa shape index (κ2) is 11.2. The molecule has 3 aromatic rings. The number of β-lactam (4-membered cyclic amide) rings is 1. The molecule has 0 spiro atoms. The molecule has 0 bridgehead atoms. The first kappa shape index (κ1) is 24.8. The third kappa shape index (κ3) is 6.27. The Morgan fingerprint density at radius 3 is 2.13 bits per heavy atom. The molecule has 0 aliphatic carbocycles. The van der Waals surface area contributed by atoms with E-state index in [1.54, 1.807) is 24.3 Å². The van der Waals surface area contributed by atoms with Gasteiger partial charge in [0.05, 0.1) is 18.6 Å². The Bertz CT molecular complexity index is 975. The van der Waals surface area contributed by atoms with Crippen LogP contribution < -0.4 is 4.90 Å². The van der Waals surface area contributed by atoms with E-state index in [0.717, 1.165) is 20.4 Å². The van der Waals surface area contributed by atoms with Gasteiger partial charge in [0.25, 0.3) is 0 Å². The second-order valence-electron chi connectivity index (χ2n) is 7.03. The first-order valence-electron chi connectivity index (χ1n) is 9.69. The predicted molar refractivity (Wildman–Crippen MR) is 130 cm³/mol. The fraction of sp³-hybridized carbons (Fsp3) is 0.240. The van der Waals surface area contributed by atoms with Gasteiger partial charge in [-0.05, 0) is 88.7 Å². The summed E-state index contributed by atoms with van der Waals surface area (Å²) in [6.07, 6.45) is 0.721. The van der Waals surface area contributed by atoms with Crippen LogP contribution in [0.15, 0.2) is 72.8 Å².